The first-order valence-corrected chi connectivity index (χ1v) is 10.2. The number of nitrogens with two attached hydrogens (primary N) is 1. The van der Waals surface area contributed by atoms with Gasteiger partial charge in [0.1, 0.15) is 17.5 Å². The van der Waals surface area contributed by atoms with Gasteiger partial charge in [-0.1, -0.05) is 30.3 Å². The number of aromatic nitrogens is 1. The third-order valence-electron chi connectivity index (χ3n) is 5.93. The molecule has 0 spiro atoms. The molecule has 0 aliphatic heterocycles. The fourth-order valence-corrected chi connectivity index (χ4v) is 4.44. The average Bonchev–Trinajstić information content (AvgIpc) is 2.82. The van der Waals surface area contributed by atoms with E-state index in [9.17, 15) is 5.26 Å². The minimum absolute atomic E-state index is 0.253. The molecule has 1 aliphatic rings. The Hall–Kier alpha value is -3.72. The zero-order chi connectivity index (χ0) is 22.0. The summed E-state index contributed by atoms with van der Waals surface area (Å²) in [5.41, 5.74) is 11.5. The molecule has 1 heterocycles. The van der Waals surface area contributed by atoms with E-state index < -0.39 is 0 Å². The highest BCUT2D eigenvalue weighted by Gasteiger charge is 2.28. The van der Waals surface area contributed by atoms with E-state index in [1.54, 1.807) is 21.3 Å². The highest BCUT2D eigenvalue weighted by atomic mass is 16.5. The lowest BCUT2D eigenvalue weighted by Crippen LogP contribution is -2.17. The van der Waals surface area contributed by atoms with Gasteiger partial charge in [-0.05, 0) is 54.0 Å². The van der Waals surface area contributed by atoms with Crippen LogP contribution in [0.4, 0.5) is 5.82 Å². The van der Waals surface area contributed by atoms with Crippen LogP contribution in [0.1, 0.15) is 34.7 Å². The first-order chi connectivity index (χ1) is 15.1. The van der Waals surface area contributed by atoms with Crippen LogP contribution in [0.15, 0.2) is 42.5 Å². The van der Waals surface area contributed by atoms with E-state index in [4.69, 9.17) is 19.9 Å². The van der Waals surface area contributed by atoms with Crippen LogP contribution in [0, 0.1) is 11.3 Å². The monoisotopic (exact) mass is 415 g/mol. The van der Waals surface area contributed by atoms with Crippen molar-refractivity contribution in [2.24, 2.45) is 0 Å². The van der Waals surface area contributed by atoms with Gasteiger partial charge in [-0.15, -0.1) is 0 Å². The highest BCUT2D eigenvalue weighted by Crippen LogP contribution is 2.45. The summed E-state index contributed by atoms with van der Waals surface area (Å²) in [7, 11) is 4.72. The fraction of sp³-hybridized carbons (Fsp3) is 0.280. The number of ether oxygens (including phenoxy) is 3. The SMILES string of the molecule is COc1cc(-c2c(C#N)c(N)nc3c2CC(c2ccccc2)CC3)cc(OC)c1OC. The zero-order valence-corrected chi connectivity index (χ0v) is 17.9. The predicted octanol–water partition coefficient (Wildman–Crippen LogP) is 4.50. The molecule has 158 valence electrons. The molecule has 1 aromatic heterocycles. The topological polar surface area (TPSA) is 90.4 Å². The number of benzene rings is 2. The summed E-state index contributed by atoms with van der Waals surface area (Å²) >= 11 is 0. The number of fused-ring (bicyclic) bond motifs is 1. The number of hydrogen-bond donors (Lipinski definition) is 1. The summed E-state index contributed by atoms with van der Waals surface area (Å²) in [6.45, 7) is 0. The Morgan fingerprint density at radius 1 is 1.03 bits per heavy atom. The second-order valence-electron chi connectivity index (χ2n) is 7.55. The number of aryl methyl sites for hydroxylation is 1. The number of pyridine rings is 1. The van der Waals surface area contributed by atoms with Gasteiger partial charge in [-0.25, -0.2) is 4.98 Å². The van der Waals surface area contributed by atoms with Crippen LogP contribution in [-0.2, 0) is 12.8 Å². The molecular weight excluding hydrogens is 390 g/mol. The Morgan fingerprint density at radius 3 is 2.29 bits per heavy atom. The number of methoxy groups -OCH3 is 3. The van der Waals surface area contributed by atoms with E-state index in [0.29, 0.717) is 28.7 Å². The molecule has 0 bridgehead atoms. The zero-order valence-electron chi connectivity index (χ0n) is 17.9. The van der Waals surface area contributed by atoms with Crippen molar-refractivity contribution in [3.05, 3.63) is 64.8 Å². The quantitative estimate of drug-likeness (QED) is 0.660. The smallest absolute Gasteiger partial charge is 0.203 e. The largest absolute Gasteiger partial charge is 0.493 e. The third-order valence-corrected chi connectivity index (χ3v) is 5.93. The van der Waals surface area contributed by atoms with E-state index in [-0.39, 0.29) is 5.82 Å². The van der Waals surface area contributed by atoms with E-state index in [0.717, 1.165) is 41.6 Å². The van der Waals surface area contributed by atoms with Crippen molar-refractivity contribution in [3.63, 3.8) is 0 Å². The number of nitriles is 1. The van der Waals surface area contributed by atoms with Gasteiger partial charge in [0, 0.05) is 11.3 Å². The molecule has 1 unspecified atom stereocenters. The van der Waals surface area contributed by atoms with E-state index in [1.165, 1.54) is 5.56 Å². The lowest BCUT2D eigenvalue weighted by atomic mass is 9.78. The van der Waals surface area contributed by atoms with Crippen molar-refractivity contribution >= 4 is 5.82 Å². The van der Waals surface area contributed by atoms with E-state index in [2.05, 4.69) is 35.3 Å². The maximum absolute atomic E-state index is 9.94. The van der Waals surface area contributed by atoms with Gasteiger partial charge in [-0.3, -0.25) is 0 Å². The molecule has 0 saturated carbocycles. The number of nitrogens with zero attached hydrogens (tertiary/aromatic N) is 2. The minimum atomic E-state index is 0.253. The lowest BCUT2D eigenvalue weighted by Gasteiger charge is -2.28. The third kappa shape index (κ3) is 3.64. The molecule has 1 aliphatic carbocycles. The van der Waals surface area contributed by atoms with Crippen LogP contribution < -0.4 is 19.9 Å². The number of hydrogen-bond acceptors (Lipinski definition) is 6. The fourth-order valence-electron chi connectivity index (χ4n) is 4.44. The molecule has 0 saturated heterocycles. The number of rotatable bonds is 5. The molecular formula is C25H25N3O3. The lowest BCUT2D eigenvalue weighted by molar-refractivity contribution is 0.324. The van der Waals surface area contributed by atoms with Crippen molar-refractivity contribution < 1.29 is 14.2 Å². The highest BCUT2D eigenvalue weighted by molar-refractivity contribution is 5.82. The Kier molecular flexibility index (Phi) is 5.68. The summed E-state index contributed by atoms with van der Waals surface area (Å²) in [6, 6.07) is 16.5. The first kappa shape index (κ1) is 20.5. The van der Waals surface area contributed by atoms with Crippen LogP contribution in [0.5, 0.6) is 17.2 Å². The molecule has 0 fully saturated rings. The van der Waals surface area contributed by atoms with Gasteiger partial charge < -0.3 is 19.9 Å². The summed E-state index contributed by atoms with van der Waals surface area (Å²) < 4.78 is 16.6. The van der Waals surface area contributed by atoms with Crippen LogP contribution >= 0.6 is 0 Å². The molecule has 6 heteroatoms. The van der Waals surface area contributed by atoms with Gasteiger partial charge in [0.15, 0.2) is 11.5 Å². The van der Waals surface area contributed by atoms with Crippen molar-refractivity contribution in [2.45, 2.75) is 25.2 Å². The van der Waals surface area contributed by atoms with Gasteiger partial charge in [0.25, 0.3) is 0 Å². The van der Waals surface area contributed by atoms with Gasteiger partial charge in [-0.2, -0.15) is 5.26 Å². The maximum atomic E-state index is 9.94. The molecule has 3 aromatic rings. The summed E-state index contributed by atoms with van der Waals surface area (Å²) in [5, 5.41) is 9.94. The second-order valence-corrected chi connectivity index (χ2v) is 7.55. The second kappa shape index (κ2) is 8.57. The van der Waals surface area contributed by atoms with Crippen molar-refractivity contribution in [2.75, 3.05) is 27.1 Å². The Balaban J connectivity index is 1.93. The summed E-state index contributed by atoms with van der Waals surface area (Å²) in [4.78, 5) is 4.59. The van der Waals surface area contributed by atoms with Gasteiger partial charge in [0.2, 0.25) is 5.75 Å². The van der Waals surface area contributed by atoms with Crippen molar-refractivity contribution in [3.8, 4) is 34.4 Å². The Morgan fingerprint density at radius 2 is 1.71 bits per heavy atom. The van der Waals surface area contributed by atoms with Crippen molar-refractivity contribution in [1.29, 1.82) is 5.26 Å². The van der Waals surface area contributed by atoms with E-state index in [1.807, 2.05) is 18.2 Å². The Bertz CT molecular complexity index is 1130. The van der Waals surface area contributed by atoms with Gasteiger partial charge >= 0.3 is 0 Å². The number of anilines is 1. The van der Waals surface area contributed by atoms with E-state index >= 15 is 0 Å². The number of nitrogen functional groups attached to an aromatic ring is 1. The predicted molar refractivity (Wildman–Crippen MR) is 120 cm³/mol. The molecule has 2 N–H and O–H groups in total. The molecule has 2 aromatic carbocycles. The normalized spacial score (nSPS) is 15.0. The standard InChI is InChI=1S/C25H25N3O3/c1-29-21-12-17(13-22(30-2)24(21)31-3)23-18-11-16(15-7-5-4-6-8-15)9-10-20(18)28-25(27)19(23)14-26/h4-8,12-13,16H,9-11H2,1-3H3,(H2,27,28). The molecule has 6 nitrogen and oxygen atoms in total. The average molecular weight is 415 g/mol. The van der Waals surface area contributed by atoms with Crippen LogP contribution in [0.25, 0.3) is 11.1 Å². The van der Waals surface area contributed by atoms with Crippen LogP contribution in [0.2, 0.25) is 0 Å². The maximum Gasteiger partial charge on any atom is 0.203 e. The van der Waals surface area contributed by atoms with Crippen LogP contribution in [0.3, 0.4) is 0 Å². The molecule has 31 heavy (non-hydrogen) atoms. The summed E-state index contributed by atoms with van der Waals surface area (Å²) in [5.74, 6) is 2.17. The van der Waals surface area contributed by atoms with Gasteiger partial charge in [0.05, 0.1) is 21.3 Å². The first-order valence-electron chi connectivity index (χ1n) is 10.2. The van der Waals surface area contributed by atoms with Crippen molar-refractivity contribution in [1.82, 2.24) is 4.98 Å². The molecule has 0 radical (unpaired) electrons. The van der Waals surface area contributed by atoms with Crippen LogP contribution in [-0.4, -0.2) is 26.3 Å². The molecule has 4 rings (SSSR count). The Labute approximate surface area is 182 Å². The summed E-state index contributed by atoms with van der Waals surface area (Å²) in [6.07, 6.45) is 2.58. The minimum Gasteiger partial charge on any atom is -0.493 e. The molecule has 1 atom stereocenters. The molecule has 0 amide bonds.